The first-order chi connectivity index (χ1) is 7.91. The van der Waals surface area contributed by atoms with Crippen molar-refractivity contribution in [1.82, 2.24) is 14.5 Å². The monoisotopic (exact) mass is 235 g/mol. The van der Waals surface area contributed by atoms with Crippen LogP contribution >= 0.6 is 0 Å². The number of hydrogen-bond donors (Lipinski definition) is 3. The Morgan fingerprint density at radius 2 is 2.06 bits per heavy atom. The van der Waals surface area contributed by atoms with Crippen LogP contribution in [-0.2, 0) is 0 Å². The van der Waals surface area contributed by atoms with Gasteiger partial charge >= 0.3 is 0 Å². The summed E-state index contributed by atoms with van der Waals surface area (Å²) in [5, 5.41) is 0.575. The quantitative estimate of drug-likeness (QED) is 0.719. The van der Waals surface area contributed by atoms with Crippen molar-refractivity contribution in [3.8, 4) is 0 Å². The second-order valence-corrected chi connectivity index (χ2v) is 4.54. The molecular weight excluding hydrogens is 218 g/mol. The zero-order valence-electron chi connectivity index (χ0n) is 10.2. The predicted molar refractivity (Wildman–Crippen MR) is 67.8 cm³/mol. The summed E-state index contributed by atoms with van der Waals surface area (Å²) >= 11 is 0. The largest absolute Gasteiger partial charge is 0.369 e. The summed E-state index contributed by atoms with van der Waals surface area (Å²) in [7, 11) is 0. The third-order valence-electron chi connectivity index (χ3n) is 2.79. The minimum Gasteiger partial charge on any atom is -0.369 e. The fraction of sp³-hybridized carbons (Fsp3) is 0.455. The highest BCUT2D eigenvalue weighted by Gasteiger charge is 2.17. The van der Waals surface area contributed by atoms with Gasteiger partial charge in [0.15, 0.2) is 5.65 Å². The summed E-state index contributed by atoms with van der Waals surface area (Å²) in [4.78, 5) is 18.6. The average Bonchev–Trinajstić information content (AvgIpc) is 2.56. The highest BCUT2D eigenvalue weighted by Crippen LogP contribution is 2.25. The standard InChI is InChI=1S/C11H17N5O/c1-5(2)7-4-16(6(3)12)9-8(7)10(17)15-11(13)14-9/h4-6H,12H2,1-3H3,(H3,13,14,15,17). The lowest BCUT2D eigenvalue weighted by Crippen LogP contribution is -2.16. The van der Waals surface area contributed by atoms with Crippen molar-refractivity contribution in [2.75, 3.05) is 5.73 Å². The van der Waals surface area contributed by atoms with Crippen LogP contribution in [0, 0.1) is 0 Å². The zero-order valence-corrected chi connectivity index (χ0v) is 10.2. The smallest absolute Gasteiger partial charge is 0.262 e. The molecule has 92 valence electrons. The molecule has 6 heteroatoms. The number of nitrogens with one attached hydrogen (secondary N) is 1. The molecule has 1 atom stereocenters. The van der Waals surface area contributed by atoms with Gasteiger partial charge < -0.3 is 16.0 Å². The van der Waals surface area contributed by atoms with E-state index in [0.29, 0.717) is 11.0 Å². The van der Waals surface area contributed by atoms with Crippen LogP contribution in [0.25, 0.3) is 11.0 Å². The molecule has 0 saturated heterocycles. The van der Waals surface area contributed by atoms with Gasteiger partial charge in [-0.1, -0.05) is 13.8 Å². The lowest BCUT2D eigenvalue weighted by molar-refractivity contribution is 0.585. The lowest BCUT2D eigenvalue weighted by Gasteiger charge is -2.08. The Morgan fingerprint density at radius 1 is 1.41 bits per heavy atom. The summed E-state index contributed by atoms with van der Waals surface area (Å²) in [5.41, 5.74) is 12.7. The Hall–Kier alpha value is -1.82. The molecule has 0 saturated carbocycles. The number of aromatic nitrogens is 3. The maximum Gasteiger partial charge on any atom is 0.262 e. The number of rotatable bonds is 2. The van der Waals surface area contributed by atoms with Gasteiger partial charge in [-0.05, 0) is 18.4 Å². The van der Waals surface area contributed by atoms with Crippen LogP contribution in [0.4, 0.5) is 5.95 Å². The van der Waals surface area contributed by atoms with E-state index in [2.05, 4.69) is 9.97 Å². The third kappa shape index (κ3) is 1.80. The molecule has 0 amide bonds. The molecule has 0 aliphatic heterocycles. The number of aromatic amines is 1. The molecule has 17 heavy (non-hydrogen) atoms. The number of nitrogens with zero attached hydrogens (tertiary/aromatic N) is 2. The average molecular weight is 235 g/mol. The maximum absolute atomic E-state index is 11.9. The Balaban J connectivity index is 2.91. The molecule has 2 aromatic heterocycles. The van der Waals surface area contributed by atoms with Crippen molar-refractivity contribution >= 4 is 17.0 Å². The molecule has 0 bridgehead atoms. The predicted octanol–water partition coefficient (Wildman–Crippen LogP) is 0.907. The zero-order chi connectivity index (χ0) is 12.7. The first-order valence-corrected chi connectivity index (χ1v) is 5.57. The SMILES string of the molecule is CC(C)c1cn(C(C)N)c2nc(N)[nH]c(=O)c12. The van der Waals surface area contributed by atoms with Crippen LogP contribution in [0.1, 0.15) is 38.4 Å². The summed E-state index contributed by atoms with van der Waals surface area (Å²) in [6, 6.07) is 0. The molecule has 0 aliphatic rings. The van der Waals surface area contributed by atoms with E-state index < -0.39 is 0 Å². The molecule has 0 aromatic carbocycles. The second kappa shape index (κ2) is 3.89. The first-order valence-electron chi connectivity index (χ1n) is 5.57. The van der Waals surface area contributed by atoms with Gasteiger partial charge in [0.05, 0.1) is 11.6 Å². The van der Waals surface area contributed by atoms with E-state index in [1.54, 1.807) is 4.57 Å². The van der Waals surface area contributed by atoms with Crippen LogP contribution in [0.15, 0.2) is 11.0 Å². The van der Waals surface area contributed by atoms with E-state index in [4.69, 9.17) is 11.5 Å². The minimum absolute atomic E-state index is 0.109. The van der Waals surface area contributed by atoms with Crippen LogP contribution in [0.3, 0.4) is 0 Å². The number of hydrogen-bond acceptors (Lipinski definition) is 4. The highest BCUT2D eigenvalue weighted by atomic mass is 16.1. The lowest BCUT2D eigenvalue weighted by atomic mass is 10.0. The molecule has 2 aromatic rings. The van der Waals surface area contributed by atoms with Crippen LogP contribution in [0.5, 0.6) is 0 Å². The van der Waals surface area contributed by atoms with Crippen molar-refractivity contribution in [3.63, 3.8) is 0 Å². The maximum atomic E-state index is 11.9. The normalized spacial score (nSPS) is 13.5. The minimum atomic E-state index is -0.251. The van der Waals surface area contributed by atoms with Gasteiger partial charge in [-0.2, -0.15) is 4.98 Å². The Morgan fingerprint density at radius 3 is 2.59 bits per heavy atom. The fourth-order valence-electron chi connectivity index (χ4n) is 1.95. The van der Waals surface area contributed by atoms with E-state index in [1.807, 2.05) is 27.0 Å². The molecule has 0 radical (unpaired) electrons. The molecule has 1 unspecified atom stereocenters. The molecular formula is C11H17N5O. The number of fused-ring (bicyclic) bond motifs is 1. The third-order valence-corrected chi connectivity index (χ3v) is 2.79. The number of anilines is 1. The van der Waals surface area contributed by atoms with Gasteiger partial charge in [0.1, 0.15) is 0 Å². The Bertz CT molecular complexity index is 608. The number of nitrogens with two attached hydrogens (primary N) is 2. The van der Waals surface area contributed by atoms with Gasteiger partial charge in [-0.3, -0.25) is 9.78 Å². The van der Waals surface area contributed by atoms with Crippen LogP contribution in [0.2, 0.25) is 0 Å². The number of H-pyrrole nitrogens is 1. The van der Waals surface area contributed by atoms with Crippen molar-refractivity contribution in [1.29, 1.82) is 0 Å². The van der Waals surface area contributed by atoms with Gasteiger partial charge in [0, 0.05) is 6.20 Å². The fourth-order valence-corrected chi connectivity index (χ4v) is 1.95. The summed E-state index contributed by atoms with van der Waals surface area (Å²) in [6.07, 6.45) is 1.63. The highest BCUT2D eigenvalue weighted by molar-refractivity contribution is 5.81. The van der Waals surface area contributed by atoms with E-state index in [9.17, 15) is 4.79 Å². The van der Waals surface area contributed by atoms with E-state index >= 15 is 0 Å². The molecule has 2 heterocycles. The van der Waals surface area contributed by atoms with E-state index in [-0.39, 0.29) is 23.6 Å². The topological polar surface area (TPSA) is 103 Å². The molecule has 0 fully saturated rings. The van der Waals surface area contributed by atoms with E-state index in [0.717, 1.165) is 5.56 Å². The summed E-state index contributed by atoms with van der Waals surface area (Å²) < 4.78 is 1.77. The molecule has 0 spiro atoms. The van der Waals surface area contributed by atoms with Gasteiger partial charge in [0.2, 0.25) is 5.95 Å². The first kappa shape index (κ1) is 11.7. The van der Waals surface area contributed by atoms with Crippen LogP contribution < -0.4 is 17.0 Å². The van der Waals surface area contributed by atoms with Gasteiger partial charge in [0.25, 0.3) is 5.56 Å². The molecule has 5 N–H and O–H groups in total. The van der Waals surface area contributed by atoms with Crippen LogP contribution in [-0.4, -0.2) is 14.5 Å². The summed E-state index contributed by atoms with van der Waals surface area (Å²) in [5.74, 6) is 0.335. The Labute approximate surface area is 98.6 Å². The Kier molecular flexibility index (Phi) is 2.66. The van der Waals surface area contributed by atoms with Gasteiger partial charge in [-0.25, -0.2) is 0 Å². The molecule has 2 rings (SSSR count). The van der Waals surface area contributed by atoms with Crippen molar-refractivity contribution < 1.29 is 0 Å². The van der Waals surface area contributed by atoms with Crippen molar-refractivity contribution in [2.45, 2.75) is 32.9 Å². The number of nitrogen functional groups attached to an aromatic ring is 1. The second-order valence-electron chi connectivity index (χ2n) is 4.54. The van der Waals surface area contributed by atoms with Crippen molar-refractivity contribution in [3.05, 3.63) is 22.1 Å². The molecule has 6 nitrogen and oxygen atoms in total. The van der Waals surface area contributed by atoms with Gasteiger partial charge in [-0.15, -0.1) is 0 Å². The van der Waals surface area contributed by atoms with E-state index in [1.165, 1.54) is 0 Å². The van der Waals surface area contributed by atoms with Crippen molar-refractivity contribution in [2.24, 2.45) is 5.73 Å². The molecule has 0 aliphatic carbocycles. The summed E-state index contributed by atoms with van der Waals surface area (Å²) in [6.45, 7) is 5.88.